The average molecular weight is 343 g/mol. The SMILES string of the molecule is Cc1cnc(Nc2ccc(C#N)cc2)nc1C(C#N)c1ccccc1F. The predicted octanol–water partition coefficient (Wildman–Crippen LogP) is 4.19. The van der Waals surface area contributed by atoms with Crippen molar-refractivity contribution in [3.63, 3.8) is 0 Å². The fraction of sp³-hybridized carbons (Fsp3) is 0.100. The van der Waals surface area contributed by atoms with Gasteiger partial charge < -0.3 is 5.32 Å². The molecule has 1 heterocycles. The van der Waals surface area contributed by atoms with E-state index in [2.05, 4.69) is 27.4 Å². The Balaban J connectivity index is 1.95. The van der Waals surface area contributed by atoms with E-state index < -0.39 is 11.7 Å². The number of benzene rings is 2. The maximum absolute atomic E-state index is 14.1. The minimum absolute atomic E-state index is 0.279. The Kier molecular flexibility index (Phi) is 4.87. The third-order valence-electron chi connectivity index (χ3n) is 3.90. The molecule has 6 heteroatoms. The van der Waals surface area contributed by atoms with Crippen LogP contribution in [-0.4, -0.2) is 9.97 Å². The van der Waals surface area contributed by atoms with E-state index >= 15 is 0 Å². The summed E-state index contributed by atoms with van der Waals surface area (Å²) in [6, 6.07) is 17.2. The molecule has 1 aromatic heterocycles. The monoisotopic (exact) mass is 343 g/mol. The molecule has 0 radical (unpaired) electrons. The van der Waals surface area contributed by atoms with Crippen LogP contribution in [0, 0.1) is 35.4 Å². The summed E-state index contributed by atoms with van der Waals surface area (Å²) in [4.78, 5) is 8.64. The van der Waals surface area contributed by atoms with E-state index in [1.807, 2.05) is 0 Å². The van der Waals surface area contributed by atoms with Gasteiger partial charge in [-0.3, -0.25) is 0 Å². The van der Waals surface area contributed by atoms with Crippen LogP contribution in [0.5, 0.6) is 0 Å². The molecule has 0 saturated carbocycles. The molecule has 5 nitrogen and oxygen atoms in total. The third kappa shape index (κ3) is 3.50. The number of nitrogens with one attached hydrogen (secondary N) is 1. The standard InChI is InChI=1S/C20H14FN5/c1-13-12-24-20(25-15-8-6-14(10-22)7-9-15)26-19(13)17(11-23)16-4-2-3-5-18(16)21/h2-9,12,17H,1H3,(H,24,25,26). The Morgan fingerprint density at radius 2 is 1.81 bits per heavy atom. The third-order valence-corrected chi connectivity index (χ3v) is 3.90. The van der Waals surface area contributed by atoms with Crippen LogP contribution in [0.4, 0.5) is 16.0 Å². The highest BCUT2D eigenvalue weighted by Gasteiger charge is 2.21. The molecule has 0 amide bonds. The number of halogens is 1. The van der Waals surface area contributed by atoms with Gasteiger partial charge in [0.05, 0.1) is 23.4 Å². The van der Waals surface area contributed by atoms with E-state index in [-0.39, 0.29) is 5.56 Å². The van der Waals surface area contributed by atoms with Crippen LogP contribution in [0.15, 0.2) is 54.7 Å². The summed E-state index contributed by atoms with van der Waals surface area (Å²) in [5, 5.41) is 21.5. The van der Waals surface area contributed by atoms with Crippen molar-refractivity contribution in [1.29, 1.82) is 10.5 Å². The van der Waals surface area contributed by atoms with Gasteiger partial charge in [0.25, 0.3) is 0 Å². The molecule has 3 aromatic rings. The zero-order valence-corrected chi connectivity index (χ0v) is 13.9. The van der Waals surface area contributed by atoms with Crippen molar-refractivity contribution in [3.05, 3.63) is 82.9 Å². The average Bonchev–Trinajstić information content (AvgIpc) is 2.67. The highest BCUT2D eigenvalue weighted by atomic mass is 19.1. The fourth-order valence-electron chi connectivity index (χ4n) is 2.55. The molecule has 0 aliphatic heterocycles. The lowest BCUT2D eigenvalue weighted by Gasteiger charge is -2.14. The molecule has 1 atom stereocenters. The van der Waals surface area contributed by atoms with Gasteiger partial charge in [0.15, 0.2) is 0 Å². The van der Waals surface area contributed by atoms with Crippen LogP contribution < -0.4 is 5.32 Å². The fourth-order valence-corrected chi connectivity index (χ4v) is 2.55. The summed E-state index contributed by atoms with van der Waals surface area (Å²) >= 11 is 0. The molecular formula is C20H14FN5. The zero-order valence-electron chi connectivity index (χ0n) is 13.9. The molecule has 0 spiro atoms. The first-order valence-electron chi connectivity index (χ1n) is 7.87. The van der Waals surface area contributed by atoms with Crippen molar-refractivity contribution in [2.24, 2.45) is 0 Å². The van der Waals surface area contributed by atoms with Crippen molar-refractivity contribution in [3.8, 4) is 12.1 Å². The Morgan fingerprint density at radius 3 is 2.46 bits per heavy atom. The number of nitrogens with zero attached hydrogens (tertiary/aromatic N) is 4. The largest absolute Gasteiger partial charge is 0.324 e. The van der Waals surface area contributed by atoms with Crippen LogP contribution in [0.25, 0.3) is 0 Å². The Morgan fingerprint density at radius 1 is 1.08 bits per heavy atom. The maximum Gasteiger partial charge on any atom is 0.227 e. The lowest BCUT2D eigenvalue weighted by Crippen LogP contribution is -2.09. The lowest BCUT2D eigenvalue weighted by atomic mass is 9.94. The smallest absolute Gasteiger partial charge is 0.227 e. The molecular weight excluding hydrogens is 329 g/mol. The summed E-state index contributed by atoms with van der Waals surface area (Å²) in [6.07, 6.45) is 1.60. The number of rotatable bonds is 4. The first-order valence-corrected chi connectivity index (χ1v) is 7.87. The van der Waals surface area contributed by atoms with Gasteiger partial charge in [-0.15, -0.1) is 0 Å². The van der Waals surface area contributed by atoms with E-state index in [0.29, 0.717) is 28.5 Å². The van der Waals surface area contributed by atoms with Crippen molar-refractivity contribution in [2.45, 2.75) is 12.8 Å². The minimum Gasteiger partial charge on any atom is -0.324 e. The van der Waals surface area contributed by atoms with Gasteiger partial charge in [0, 0.05) is 17.4 Å². The zero-order chi connectivity index (χ0) is 18.5. The Hall–Kier alpha value is -3.77. The Bertz CT molecular complexity index is 1020. The van der Waals surface area contributed by atoms with Crippen molar-refractivity contribution in [2.75, 3.05) is 5.32 Å². The van der Waals surface area contributed by atoms with Crippen molar-refractivity contribution in [1.82, 2.24) is 9.97 Å². The number of hydrogen-bond donors (Lipinski definition) is 1. The number of hydrogen-bond acceptors (Lipinski definition) is 5. The van der Waals surface area contributed by atoms with E-state index in [4.69, 9.17) is 5.26 Å². The molecule has 2 aromatic carbocycles. The molecule has 0 aliphatic carbocycles. The van der Waals surface area contributed by atoms with E-state index in [1.165, 1.54) is 6.07 Å². The number of aromatic nitrogens is 2. The normalized spacial score (nSPS) is 11.2. The summed E-state index contributed by atoms with van der Waals surface area (Å²) in [5.41, 5.74) is 2.68. The predicted molar refractivity (Wildman–Crippen MR) is 95.1 cm³/mol. The minimum atomic E-state index is -0.833. The highest BCUT2D eigenvalue weighted by molar-refractivity contribution is 5.55. The van der Waals surface area contributed by atoms with Crippen LogP contribution in [0.1, 0.15) is 28.3 Å². The van der Waals surface area contributed by atoms with Crippen LogP contribution in [0.2, 0.25) is 0 Å². The van der Waals surface area contributed by atoms with E-state index in [9.17, 15) is 9.65 Å². The second-order valence-electron chi connectivity index (χ2n) is 5.66. The van der Waals surface area contributed by atoms with Crippen LogP contribution in [0.3, 0.4) is 0 Å². The second-order valence-corrected chi connectivity index (χ2v) is 5.66. The van der Waals surface area contributed by atoms with Gasteiger partial charge in [-0.1, -0.05) is 18.2 Å². The van der Waals surface area contributed by atoms with Gasteiger partial charge in [0.2, 0.25) is 5.95 Å². The van der Waals surface area contributed by atoms with Crippen LogP contribution in [-0.2, 0) is 0 Å². The molecule has 1 unspecified atom stereocenters. The molecule has 0 bridgehead atoms. The van der Waals surface area contributed by atoms with Crippen molar-refractivity contribution < 1.29 is 4.39 Å². The molecule has 0 aliphatic rings. The number of nitriles is 2. The Labute approximate surface area is 150 Å². The molecule has 0 fully saturated rings. The quantitative estimate of drug-likeness (QED) is 0.767. The van der Waals surface area contributed by atoms with Gasteiger partial charge in [0.1, 0.15) is 11.7 Å². The molecule has 26 heavy (non-hydrogen) atoms. The summed E-state index contributed by atoms with van der Waals surface area (Å²) in [6.45, 7) is 1.78. The molecule has 126 valence electrons. The van der Waals surface area contributed by atoms with Crippen LogP contribution >= 0.6 is 0 Å². The van der Waals surface area contributed by atoms with E-state index in [0.717, 1.165) is 0 Å². The van der Waals surface area contributed by atoms with Gasteiger partial charge in [-0.2, -0.15) is 10.5 Å². The highest BCUT2D eigenvalue weighted by Crippen LogP contribution is 2.28. The summed E-state index contributed by atoms with van der Waals surface area (Å²) in [7, 11) is 0. The summed E-state index contributed by atoms with van der Waals surface area (Å²) in [5.74, 6) is -0.980. The number of anilines is 2. The second kappa shape index (κ2) is 7.42. The molecule has 3 rings (SSSR count). The summed E-state index contributed by atoms with van der Waals surface area (Å²) < 4.78 is 14.1. The van der Waals surface area contributed by atoms with Gasteiger partial charge in [-0.25, -0.2) is 14.4 Å². The number of aryl methyl sites for hydroxylation is 1. The topological polar surface area (TPSA) is 85.4 Å². The molecule has 1 N–H and O–H groups in total. The van der Waals surface area contributed by atoms with Gasteiger partial charge >= 0.3 is 0 Å². The first-order chi connectivity index (χ1) is 12.6. The maximum atomic E-state index is 14.1. The first kappa shape index (κ1) is 17.1. The molecule has 0 saturated heterocycles. The lowest BCUT2D eigenvalue weighted by molar-refractivity contribution is 0.607. The van der Waals surface area contributed by atoms with E-state index in [1.54, 1.807) is 55.6 Å². The van der Waals surface area contributed by atoms with Crippen molar-refractivity contribution >= 4 is 11.6 Å². The van der Waals surface area contributed by atoms with Gasteiger partial charge in [-0.05, 0) is 42.8 Å².